The van der Waals surface area contributed by atoms with Gasteiger partial charge in [0.15, 0.2) is 0 Å². The highest BCUT2D eigenvalue weighted by Crippen LogP contribution is 2.29. The lowest BCUT2D eigenvalue weighted by atomic mass is 9.80. The van der Waals surface area contributed by atoms with Gasteiger partial charge in [0.05, 0.1) is 0 Å². The Balaban J connectivity index is 2.89. The first-order valence-corrected chi connectivity index (χ1v) is 5.29. The topological polar surface area (TPSA) is 0 Å². The van der Waals surface area contributed by atoms with E-state index in [1.165, 1.54) is 12.0 Å². The summed E-state index contributed by atoms with van der Waals surface area (Å²) in [5.74, 6) is 0.685. The average Bonchev–Trinajstić information content (AvgIpc) is 2.19. The molecule has 0 saturated heterocycles. The minimum atomic E-state index is 0.130. The highest BCUT2D eigenvalue weighted by Gasteiger charge is 2.23. The minimum absolute atomic E-state index is 0.130. The van der Waals surface area contributed by atoms with Crippen molar-refractivity contribution in [2.75, 3.05) is 5.88 Å². The molecule has 0 spiro atoms. The molecule has 0 aliphatic heterocycles. The fraction of sp³-hybridized carbons (Fsp3) is 0.500. The van der Waals surface area contributed by atoms with Gasteiger partial charge in [0, 0.05) is 11.3 Å². The third kappa shape index (κ3) is 2.47. The standard InChI is InChI=1S/C12H16Cl/c1-3-9-12(2,10-13)11-7-5-4-6-8-11/h5-8H,3,9-10H2,1-2H3. The Hall–Kier alpha value is -0.490. The molecule has 0 N–H and O–H groups in total. The van der Waals surface area contributed by atoms with Gasteiger partial charge in [-0.15, -0.1) is 11.6 Å². The van der Waals surface area contributed by atoms with Gasteiger partial charge in [0.2, 0.25) is 0 Å². The lowest BCUT2D eigenvalue weighted by molar-refractivity contribution is 0.479. The maximum Gasteiger partial charge on any atom is 0.0317 e. The number of rotatable bonds is 4. The van der Waals surface area contributed by atoms with Crippen molar-refractivity contribution in [2.45, 2.75) is 32.1 Å². The van der Waals surface area contributed by atoms with Crippen molar-refractivity contribution in [3.63, 3.8) is 0 Å². The molecule has 1 unspecified atom stereocenters. The van der Waals surface area contributed by atoms with Crippen LogP contribution in [0.25, 0.3) is 0 Å². The summed E-state index contributed by atoms with van der Waals surface area (Å²) in [4.78, 5) is 0. The molecule has 1 heteroatoms. The second kappa shape index (κ2) is 4.66. The molecule has 71 valence electrons. The molecule has 1 aromatic rings. The number of hydrogen-bond donors (Lipinski definition) is 0. The Morgan fingerprint density at radius 1 is 1.38 bits per heavy atom. The van der Waals surface area contributed by atoms with E-state index in [9.17, 15) is 0 Å². The van der Waals surface area contributed by atoms with E-state index >= 15 is 0 Å². The Morgan fingerprint density at radius 3 is 2.46 bits per heavy atom. The van der Waals surface area contributed by atoms with E-state index in [1.807, 2.05) is 12.1 Å². The van der Waals surface area contributed by atoms with E-state index in [-0.39, 0.29) is 5.41 Å². The Kier molecular flexibility index (Phi) is 3.80. The van der Waals surface area contributed by atoms with Crippen LogP contribution in [0.3, 0.4) is 0 Å². The van der Waals surface area contributed by atoms with Crippen molar-refractivity contribution in [2.24, 2.45) is 0 Å². The lowest BCUT2D eigenvalue weighted by Crippen LogP contribution is -2.23. The zero-order valence-corrected chi connectivity index (χ0v) is 9.06. The van der Waals surface area contributed by atoms with Gasteiger partial charge in [-0.2, -0.15) is 0 Å². The summed E-state index contributed by atoms with van der Waals surface area (Å²) in [7, 11) is 0. The van der Waals surface area contributed by atoms with Crippen LogP contribution in [0, 0.1) is 6.07 Å². The van der Waals surface area contributed by atoms with E-state index < -0.39 is 0 Å². The van der Waals surface area contributed by atoms with Gasteiger partial charge in [-0.3, -0.25) is 0 Å². The van der Waals surface area contributed by atoms with Gasteiger partial charge in [-0.05, 0) is 18.1 Å². The Morgan fingerprint density at radius 2 is 2.00 bits per heavy atom. The SMILES string of the molecule is CCCC(C)(CCl)c1cc[c]cc1. The summed E-state index contributed by atoms with van der Waals surface area (Å²) in [6, 6.07) is 11.2. The number of hydrogen-bond acceptors (Lipinski definition) is 0. The van der Waals surface area contributed by atoms with E-state index in [2.05, 4.69) is 32.0 Å². The van der Waals surface area contributed by atoms with Gasteiger partial charge in [0.1, 0.15) is 0 Å². The summed E-state index contributed by atoms with van der Waals surface area (Å²) in [6.07, 6.45) is 2.31. The molecule has 0 amide bonds. The summed E-state index contributed by atoms with van der Waals surface area (Å²) in [5, 5.41) is 0. The first-order valence-electron chi connectivity index (χ1n) is 4.75. The first-order chi connectivity index (χ1) is 6.23. The molecule has 0 fully saturated rings. The zero-order chi connectivity index (χ0) is 9.73. The van der Waals surface area contributed by atoms with Crippen molar-refractivity contribution >= 4 is 11.6 Å². The highest BCUT2D eigenvalue weighted by atomic mass is 35.5. The molecule has 0 heterocycles. The van der Waals surface area contributed by atoms with E-state index in [4.69, 9.17) is 11.6 Å². The van der Waals surface area contributed by atoms with E-state index in [0.717, 1.165) is 6.42 Å². The second-order valence-electron chi connectivity index (χ2n) is 3.73. The number of benzene rings is 1. The van der Waals surface area contributed by atoms with Crippen LogP contribution < -0.4 is 0 Å². The normalized spacial score (nSPS) is 15.3. The van der Waals surface area contributed by atoms with Crippen LogP contribution in [0.5, 0.6) is 0 Å². The summed E-state index contributed by atoms with van der Waals surface area (Å²) < 4.78 is 0. The van der Waals surface area contributed by atoms with Gasteiger partial charge < -0.3 is 0 Å². The maximum atomic E-state index is 6.01. The van der Waals surface area contributed by atoms with Gasteiger partial charge in [0.25, 0.3) is 0 Å². The summed E-state index contributed by atoms with van der Waals surface area (Å²) in [5.41, 5.74) is 1.45. The third-order valence-corrected chi connectivity index (χ3v) is 3.10. The molecule has 13 heavy (non-hydrogen) atoms. The smallest absolute Gasteiger partial charge is 0.0317 e. The van der Waals surface area contributed by atoms with Crippen molar-refractivity contribution < 1.29 is 0 Å². The largest absolute Gasteiger partial charge is 0.126 e. The molecule has 1 rings (SSSR count). The molecular formula is C12H16Cl. The van der Waals surface area contributed by atoms with Crippen LogP contribution >= 0.6 is 11.6 Å². The van der Waals surface area contributed by atoms with Crippen molar-refractivity contribution in [3.8, 4) is 0 Å². The zero-order valence-electron chi connectivity index (χ0n) is 8.31. The van der Waals surface area contributed by atoms with Gasteiger partial charge in [-0.1, -0.05) is 44.5 Å². The molecule has 0 aromatic heterocycles. The van der Waals surface area contributed by atoms with Gasteiger partial charge in [-0.25, -0.2) is 0 Å². The quantitative estimate of drug-likeness (QED) is 0.642. The van der Waals surface area contributed by atoms with Crippen LogP contribution in [-0.2, 0) is 5.41 Å². The predicted octanol–water partition coefficient (Wildman–Crippen LogP) is 3.78. The lowest BCUT2D eigenvalue weighted by Gasteiger charge is -2.27. The Labute approximate surface area is 85.9 Å². The molecule has 0 nitrogen and oxygen atoms in total. The second-order valence-corrected chi connectivity index (χ2v) is 4.00. The molecule has 1 radical (unpaired) electrons. The summed E-state index contributed by atoms with van der Waals surface area (Å²) >= 11 is 6.01. The first kappa shape index (κ1) is 10.6. The molecule has 0 aliphatic carbocycles. The van der Waals surface area contributed by atoms with E-state index in [0.29, 0.717) is 5.88 Å². The fourth-order valence-corrected chi connectivity index (χ4v) is 1.92. The highest BCUT2D eigenvalue weighted by molar-refractivity contribution is 6.18. The molecule has 0 saturated carbocycles. The van der Waals surface area contributed by atoms with Crippen LogP contribution in [0.1, 0.15) is 32.3 Å². The van der Waals surface area contributed by atoms with Crippen molar-refractivity contribution in [1.82, 2.24) is 0 Å². The molecular weight excluding hydrogens is 180 g/mol. The molecule has 1 atom stereocenters. The minimum Gasteiger partial charge on any atom is -0.126 e. The average molecular weight is 196 g/mol. The predicted molar refractivity (Wildman–Crippen MR) is 58.3 cm³/mol. The van der Waals surface area contributed by atoms with Crippen LogP contribution in [-0.4, -0.2) is 5.88 Å². The van der Waals surface area contributed by atoms with Crippen LogP contribution in [0.4, 0.5) is 0 Å². The molecule has 0 aliphatic rings. The fourth-order valence-electron chi connectivity index (χ4n) is 1.63. The molecule has 0 bridgehead atoms. The maximum absolute atomic E-state index is 6.01. The van der Waals surface area contributed by atoms with Crippen LogP contribution in [0.15, 0.2) is 24.3 Å². The number of halogens is 1. The summed E-state index contributed by atoms with van der Waals surface area (Å²) in [6.45, 7) is 4.42. The van der Waals surface area contributed by atoms with E-state index in [1.54, 1.807) is 0 Å². The van der Waals surface area contributed by atoms with Crippen molar-refractivity contribution in [1.29, 1.82) is 0 Å². The molecule has 1 aromatic carbocycles. The third-order valence-electron chi connectivity index (χ3n) is 2.51. The number of alkyl halides is 1. The Bertz CT molecular complexity index is 243. The van der Waals surface area contributed by atoms with Crippen molar-refractivity contribution in [3.05, 3.63) is 35.9 Å². The monoisotopic (exact) mass is 195 g/mol. The van der Waals surface area contributed by atoms with Gasteiger partial charge >= 0.3 is 0 Å². The van der Waals surface area contributed by atoms with Crippen LogP contribution in [0.2, 0.25) is 0 Å².